The molecule has 1 unspecified atom stereocenters. The Morgan fingerprint density at radius 2 is 1.70 bits per heavy atom. The number of nitrogens with zero attached hydrogens (tertiary/aromatic N) is 1. The number of alkyl carbamates (subject to hydrolysis) is 1. The summed E-state index contributed by atoms with van der Waals surface area (Å²) < 4.78 is 10.5. The minimum Gasteiger partial charge on any atom is -0.508 e. The number of benzene rings is 2. The lowest BCUT2D eigenvalue weighted by atomic mass is 10.1. The molecular formula is C24H28N4O5. The van der Waals surface area contributed by atoms with Gasteiger partial charge in [-0.25, -0.2) is 9.78 Å². The molecule has 3 rings (SSSR count). The first-order chi connectivity index (χ1) is 16.0. The molecular weight excluding hydrogens is 424 g/mol. The maximum Gasteiger partial charge on any atom is 0.407 e. The SMILES string of the molecule is NC(Cc1ccc(O)cc1)c1nc(C(=O)NCCCCNC(=O)OCc2ccccc2)co1. The van der Waals surface area contributed by atoms with E-state index >= 15 is 0 Å². The largest absolute Gasteiger partial charge is 0.508 e. The smallest absolute Gasteiger partial charge is 0.407 e. The Hall–Kier alpha value is -3.85. The molecule has 2 aromatic carbocycles. The van der Waals surface area contributed by atoms with Gasteiger partial charge in [0.1, 0.15) is 18.6 Å². The van der Waals surface area contributed by atoms with Crippen molar-refractivity contribution in [3.05, 3.63) is 83.6 Å². The number of rotatable bonds is 11. The van der Waals surface area contributed by atoms with Gasteiger partial charge >= 0.3 is 6.09 Å². The van der Waals surface area contributed by atoms with Crippen LogP contribution in [0.1, 0.15) is 46.4 Å². The molecule has 0 spiro atoms. The average molecular weight is 453 g/mol. The monoisotopic (exact) mass is 452 g/mol. The van der Waals surface area contributed by atoms with Crippen molar-refractivity contribution in [2.45, 2.75) is 31.9 Å². The Balaban J connectivity index is 1.29. The minimum atomic E-state index is -0.510. The minimum absolute atomic E-state index is 0.161. The van der Waals surface area contributed by atoms with Crippen LogP contribution in [0.5, 0.6) is 5.75 Å². The standard InChI is InChI=1S/C24H28N4O5/c25-20(14-17-8-10-19(29)11-9-17)23-28-21(16-32-23)22(30)26-12-4-5-13-27-24(31)33-15-18-6-2-1-3-7-18/h1-3,6-11,16,20,29H,4-5,12-15,25H2,(H,26,30)(H,27,31). The Labute approximate surface area is 192 Å². The van der Waals surface area contributed by atoms with Gasteiger partial charge < -0.3 is 30.6 Å². The second-order valence-corrected chi connectivity index (χ2v) is 7.50. The molecule has 1 aromatic heterocycles. The second kappa shape index (κ2) is 12.3. The van der Waals surface area contributed by atoms with Gasteiger partial charge in [0.2, 0.25) is 5.89 Å². The molecule has 0 radical (unpaired) electrons. The molecule has 0 fully saturated rings. The number of oxazole rings is 1. The van der Waals surface area contributed by atoms with Crippen LogP contribution in [0, 0.1) is 0 Å². The topological polar surface area (TPSA) is 140 Å². The Morgan fingerprint density at radius 1 is 1.00 bits per heavy atom. The van der Waals surface area contributed by atoms with Crippen LogP contribution in [0.2, 0.25) is 0 Å². The van der Waals surface area contributed by atoms with E-state index in [-0.39, 0.29) is 29.8 Å². The summed E-state index contributed by atoms with van der Waals surface area (Å²) in [6.45, 7) is 1.10. The predicted octanol–water partition coefficient (Wildman–Crippen LogP) is 3.06. The highest BCUT2D eigenvalue weighted by atomic mass is 16.5. The van der Waals surface area contributed by atoms with Crippen molar-refractivity contribution in [2.75, 3.05) is 13.1 Å². The van der Waals surface area contributed by atoms with E-state index in [0.717, 1.165) is 11.1 Å². The molecule has 33 heavy (non-hydrogen) atoms. The van der Waals surface area contributed by atoms with Gasteiger partial charge in [-0.15, -0.1) is 0 Å². The molecule has 5 N–H and O–H groups in total. The number of phenolic OH excluding ortho intramolecular Hbond substituents is 1. The van der Waals surface area contributed by atoms with E-state index in [1.165, 1.54) is 6.26 Å². The lowest BCUT2D eigenvalue weighted by molar-refractivity contribution is 0.0947. The van der Waals surface area contributed by atoms with Crippen LogP contribution in [0.4, 0.5) is 4.79 Å². The van der Waals surface area contributed by atoms with Crippen molar-refractivity contribution in [1.29, 1.82) is 0 Å². The number of ether oxygens (including phenoxy) is 1. The zero-order valence-electron chi connectivity index (χ0n) is 18.2. The van der Waals surface area contributed by atoms with E-state index in [9.17, 15) is 14.7 Å². The van der Waals surface area contributed by atoms with Gasteiger partial charge in [0.15, 0.2) is 5.69 Å². The van der Waals surface area contributed by atoms with Gasteiger partial charge in [-0.2, -0.15) is 0 Å². The van der Waals surface area contributed by atoms with Crippen LogP contribution in [0.3, 0.4) is 0 Å². The van der Waals surface area contributed by atoms with Gasteiger partial charge in [-0.05, 0) is 42.5 Å². The van der Waals surface area contributed by atoms with Gasteiger partial charge in [0.05, 0.1) is 6.04 Å². The summed E-state index contributed by atoms with van der Waals surface area (Å²) in [5, 5.41) is 14.8. The Morgan fingerprint density at radius 3 is 2.42 bits per heavy atom. The van der Waals surface area contributed by atoms with Crippen LogP contribution in [0.15, 0.2) is 65.3 Å². The van der Waals surface area contributed by atoms with Crippen LogP contribution < -0.4 is 16.4 Å². The summed E-state index contributed by atoms with van der Waals surface area (Å²) in [6, 6.07) is 15.6. The predicted molar refractivity (Wildman–Crippen MR) is 121 cm³/mol. The second-order valence-electron chi connectivity index (χ2n) is 7.50. The van der Waals surface area contributed by atoms with Crippen LogP contribution in [-0.2, 0) is 17.8 Å². The maximum absolute atomic E-state index is 12.2. The quantitative estimate of drug-likeness (QED) is 0.328. The van der Waals surface area contributed by atoms with E-state index in [1.54, 1.807) is 24.3 Å². The number of nitrogens with one attached hydrogen (secondary N) is 2. The third-order valence-electron chi connectivity index (χ3n) is 4.83. The molecule has 0 aliphatic heterocycles. The summed E-state index contributed by atoms with van der Waals surface area (Å²) in [5.41, 5.74) is 8.12. The molecule has 9 nitrogen and oxygen atoms in total. The number of nitrogens with two attached hydrogens (primary N) is 1. The van der Waals surface area contributed by atoms with Crippen molar-refractivity contribution in [3.63, 3.8) is 0 Å². The molecule has 3 aromatic rings. The fourth-order valence-electron chi connectivity index (χ4n) is 3.04. The van der Waals surface area contributed by atoms with Gasteiger partial charge in [-0.1, -0.05) is 42.5 Å². The lowest BCUT2D eigenvalue weighted by Crippen LogP contribution is -2.28. The summed E-state index contributed by atoms with van der Waals surface area (Å²) >= 11 is 0. The maximum atomic E-state index is 12.2. The zero-order valence-corrected chi connectivity index (χ0v) is 18.2. The molecule has 174 valence electrons. The number of carbonyl (C=O) groups excluding carboxylic acids is 2. The molecule has 1 heterocycles. The first-order valence-electron chi connectivity index (χ1n) is 10.7. The summed E-state index contributed by atoms with van der Waals surface area (Å²) in [7, 11) is 0. The molecule has 0 saturated heterocycles. The summed E-state index contributed by atoms with van der Waals surface area (Å²) in [6.07, 6.45) is 2.63. The van der Waals surface area contributed by atoms with Crippen molar-refractivity contribution in [2.24, 2.45) is 5.73 Å². The first-order valence-corrected chi connectivity index (χ1v) is 10.7. The highest BCUT2D eigenvalue weighted by Gasteiger charge is 2.17. The number of hydrogen-bond acceptors (Lipinski definition) is 7. The third kappa shape index (κ3) is 7.97. The normalized spacial score (nSPS) is 11.5. The fraction of sp³-hybridized carbons (Fsp3) is 0.292. The summed E-state index contributed by atoms with van der Waals surface area (Å²) in [5.74, 6) is 0.102. The Kier molecular flexibility index (Phi) is 8.84. The number of aromatic hydroxyl groups is 1. The molecule has 0 aliphatic carbocycles. The van der Waals surface area contributed by atoms with Crippen molar-refractivity contribution in [3.8, 4) is 5.75 Å². The number of phenols is 1. The summed E-state index contributed by atoms with van der Waals surface area (Å²) in [4.78, 5) is 28.1. The Bertz CT molecular complexity index is 1020. The van der Waals surface area contributed by atoms with Gasteiger partial charge in [0.25, 0.3) is 5.91 Å². The third-order valence-corrected chi connectivity index (χ3v) is 4.83. The van der Waals surface area contributed by atoms with Crippen LogP contribution in [0.25, 0.3) is 0 Å². The first kappa shape index (κ1) is 23.8. The molecule has 9 heteroatoms. The molecule has 0 bridgehead atoms. The average Bonchev–Trinajstić information content (AvgIpc) is 3.33. The zero-order chi connectivity index (χ0) is 23.5. The number of aromatic nitrogens is 1. The fourth-order valence-corrected chi connectivity index (χ4v) is 3.04. The van der Waals surface area contributed by atoms with Crippen molar-refractivity contribution < 1.29 is 23.8 Å². The van der Waals surface area contributed by atoms with Crippen LogP contribution >= 0.6 is 0 Å². The number of hydrogen-bond donors (Lipinski definition) is 4. The number of unbranched alkanes of at least 4 members (excludes halogenated alkanes) is 1. The molecule has 0 aliphatic rings. The van der Waals surface area contributed by atoms with E-state index in [1.807, 2.05) is 30.3 Å². The number of amides is 2. The molecule has 0 saturated carbocycles. The molecule has 1 atom stereocenters. The van der Waals surface area contributed by atoms with Gasteiger partial charge in [-0.3, -0.25) is 4.79 Å². The van der Waals surface area contributed by atoms with E-state index in [0.29, 0.717) is 32.4 Å². The van der Waals surface area contributed by atoms with Crippen molar-refractivity contribution in [1.82, 2.24) is 15.6 Å². The molecule has 2 amide bonds. The highest BCUT2D eigenvalue weighted by molar-refractivity contribution is 5.91. The van der Waals surface area contributed by atoms with E-state index < -0.39 is 12.1 Å². The highest BCUT2D eigenvalue weighted by Crippen LogP contribution is 2.18. The number of carbonyl (C=O) groups is 2. The van der Waals surface area contributed by atoms with Crippen molar-refractivity contribution >= 4 is 12.0 Å². The van der Waals surface area contributed by atoms with E-state index in [2.05, 4.69) is 15.6 Å². The lowest BCUT2D eigenvalue weighted by Gasteiger charge is -2.08. The van der Waals surface area contributed by atoms with Gasteiger partial charge in [0, 0.05) is 13.1 Å². The van der Waals surface area contributed by atoms with Crippen LogP contribution in [-0.4, -0.2) is 35.2 Å². The van der Waals surface area contributed by atoms with E-state index in [4.69, 9.17) is 14.9 Å².